The van der Waals surface area contributed by atoms with Crippen LogP contribution in [0, 0.1) is 0 Å². The molecule has 0 saturated carbocycles. The summed E-state index contributed by atoms with van der Waals surface area (Å²) < 4.78 is 1.30. The lowest BCUT2D eigenvalue weighted by atomic mass is 10.3. The minimum absolute atomic E-state index is 0.0801. The number of carbonyl (C=O) groups excluding carboxylic acids is 2. The molecule has 1 rings (SSSR count). The second-order valence-electron chi connectivity index (χ2n) is 3.65. The van der Waals surface area contributed by atoms with Crippen LogP contribution >= 0.6 is 0 Å². The molecule has 0 bridgehead atoms. The van der Waals surface area contributed by atoms with Crippen molar-refractivity contribution in [3.8, 4) is 0 Å². The maximum absolute atomic E-state index is 11.9. The van der Waals surface area contributed by atoms with Crippen molar-refractivity contribution in [3.63, 3.8) is 0 Å². The zero-order valence-electron chi connectivity index (χ0n) is 10.4. The van der Waals surface area contributed by atoms with E-state index in [0.717, 1.165) is 0 Å². The van der Waals surface area contributed by atoms with Gasteiger partial charge in [0.2, 0.25) is 5.91 Å². The normalized spacial score (nSPS) is 11.9. The van der Waals surface area contributed by atoms with Crippen LogP contribution in [0.4, 0.5) is 4.79 Å². The molecule has 6 heteroatoms. The molecular weight excluding hydrogens is 220 g/mol. The first-order chi connectivity index (χ1) is 8.10. The van der Waals surface area contributed by atoms with Gasteiger partial charge in [-0.2, -0.15) is 0 Å². The lowest BCUT2D eigenvalue weighted by Crippen LogP contribution is -2.47. The van der Waals surface area contributed by atoms with Gasteiger partial charge in [0.15, 0.2) is 0 Å². The minimum atomic E-state index is -0.537. The third-order valence-electron chi connectivity index (χ3n) is 2.52. The molecule has 0 aliphatic rings. The monoisotopic (exact) mass is 238 g/mol. The third kappa shape index (κ3) is 3.30. The fourth-order valence-corrected chi connectivity index (χ4v) is 1.51. The van der Waals surface area contributed by atoms with Gasteiger partial charge in [-0.1, -0.05) is 0 Å². The number of nitrogens with one attached hydrogen (secondary N) is 1. The molecule has 0 fully saturated rings. The van der Waals surface area contributed by atoms with E-state index in [9.17, 15) is 9.59 Å². The van der Waals surface area contributed by atoms with Crippen molar-refractivity contribution in [3.05, 3.63) is 18.7 Å². The van der Waals surface area contributed by atoms with Gasteiger partial charge in [0, 0.05) is 25.5 Å². The number of hydrogen-bond donors (Lipinski definition) is 1. The summed E-state index contributed by atoms with van der Waals surface area (Å²) in [7, 11) is 0. The van der Waals surface area contributed by atoms with Crippen LogP contribution in [-0.2, 0) is 4.79 Å². The summed E-state index contributed by atoms with van der Waals surface area (Å²) >= 11 is 0. The van der Waals surface area contributed by atoms with Crippen LogP contribution in [0.15, 0.2) is 18.7 Å². The van der Waals surface area contributed by atoms with Crippen molar-refractivity contribution in [1.82, 2.24) is 19.8 Å². The third-order valence-corrected chi connectivity index (χ3v) is 2.52. The minimum Gasteiger partial charge on any atom is -0.341 e. The van der Waals surface area contributed by atoms with Crippen molar-refractivity contribution in [1.29, 1.82) is 0 Å². The summed E-state index contributed by atoms with van der Waals surface area (Å²) in [6, 6.07) is -0.889. The first-order valence-corrected chi connectivity index (χ1v) is 5.67. The molecule has 1 N–H and O–H groups in total. The van der Waals surface area contributed by atoms with E-state index in [0.29, 0.717) is 13.1 Å². The summed E-state index contributed by atoms with van der Waals surface area (Å²) in [5.74, 6) is -0.0801. The standard InChI is InChI=1S/C11H18N4O2/c1-4-14(5-2)10(16)9(3)13-11(17)15-7-6-12-8-15/h6-9H,4-5H2,1-3H3,(H,13,17). The quantitative estimate of drug-likeness (QED) is 0.839. The fraction of sp³-hybridized carbons (Fsp3) is 0.545. The second-order valence-corrected chi connectivity index (χ2v) is 3.65. The highest BCUT2D eigenvalue weighted by Crippen LogP contribution is 1.96. The van der Waals surface area contributed by atoms with Gasteiger partial charge in [-0.05, 0) is 20.8 Å². The van der Waals surface area contributed by atoms with Gasteiger partial charge < -0.3 is 10.2 Å². The molecular formula is C11H18N4O2. The molecule has 0 radical (unpaired) electrons. The first-order valence-electron chi connectivity index (χ1n) is 5.67. The topological polar surface area (TPSA) is 67.2 Å². The Morgan fingerprint density at radius 1 is 1.41 bits per heavy atom. The van der Waals surface area contributed by atoms with E-state index < -0.39 is 6.04 Å². The van der Waals surface area contributed by atoms with Gasteiger partial charge in [-0.25, -0.2) is 9.78 Å². The lowest BCUT2D eigenvalue weighted by Gasteiger charge is -2.23. The Kier molecular flexibility index (Phi) is 4.68. The molecule has 0 aliphatic carbocycles. The molecule has 0 aliphatic heterocycles. The zero-order chi connectivity index (χ0) is 12.8. The van der Waals surface area contributed by atoms with E-state index >= 15 is 0 Å². The van der Waals surface area contributed by atoms with Gasteiger partial charge in [-0.15, -0.1) is 0 Å². The van der Waals surface area contributed by atoms with Crippen LogP contribution in [0.25, 0.3) is 0 Å². The number of aromatic nitrogens is 2. The van der Waals surface area contributed by atoms with E-state index in [1.165, 1.54) is 23.3 Å². The fourth-order valence-electron chi connectivity index (χ4n) is 1.51. The van der Waals surface area contributed by atoms with Crippen molar-refractivity contribution < 1.29 is 9.59 Å². The Morgan fingerprint density at radius 2 is 2.06 bits per heavy atom. The van der Waals surface area contributed by atoms with Crippen molar-refractivity contribution in [2.24, 2.45) is 0 Å². The van der Waals surface area contributed by atoms with Crippen molar-refractivity contribution >= 4 is 11.9 Å². The molecule has 1 atom stereocenters. The lowest BCUT2D eigenvalue weighted by molar-refractivity contribution is -0.132. The van der Waals surface area contributed by atoms with Crippen LogP contribution in [0.1, 0.15) is 20.8 Å². The van der Waals surface area contributed by atoms with Crippen molar-refractivity contribution in [2.75, 3.05) is 13.1 Å². The second kappa shape index (κ2) is 6.03. The van der Waals surface area contributed by atoms with Gasteiger partial charge >= 0.3 is 6.03 Å². The number of rotatable bonds is 4. The van der Waals surface area contributed by atoms with E-state index in [1.807, 2.05) is 13.8 Å². The highest BCUT2D eigenvalue weighted by Gasteiger charge is 2.20. The summed E-state index contributed by atoms with van der Waals surface area (Å²) in [5.41, 5.74) is 0. The van der Waals surface area contributed by atoms with Crippen LogP contribution in [0.3, 0.4) is 0 Å². The van der Waals surface area contributed by atoms with Gasteiger partial charge in [0.05, 0.1) is 0 Å². The number of likely N-dealkylation sites (N-methyl/N-ethyl adjacent to an activating group) is 1. The highest BCUT2D eigenvalue weighted by atomic mass is 16.2. The number of hydrogen-bond acceptors (Lipinski definition) is 3. The molecule has 17 heavy (non-hydrogen) atoms. The average Bonchev–Trinajstić information content (AvgIpc) is 2.83. The Morgan fingerprint density at radius 3 is 2.53 bits per heavy atom. The highest BCUT2D eigenvalue weighted by molar-refractivity contribution is 5.87. The summed E-state index contributed by atoms with van der Waals surface area (Å²) in [6.07, 6.45) is 4.43. The van der Waals surface area contributed by atoms with Crippen LogP contribution in [0.2, 0.25) is 0 Å². The molecule has 1 aromatic heterocycles. The molecule has 0 aromatic carbocycles. The summed E-state index contributed by atoms with van der Waals surface area (Å²) in [6.45, 7) is 6.77. The number of amides is 2. The smallest absolute Gasteiger partial charge is 0.327 e. The van der Waals surface area contributed by atoms with E-state index in [4.69, 9.17) is 0 Å². The SMILES string of the molecule is CCN(CC)C(=O)C(C)NC(=O)n1ccnc1. The van der Waals surface area contributed by atoms with Crippen molar-refractivity contribution in [2.45, 2.75) is 26.8 Å². The predicted molar refractivity (Wildman–Crippen MR) is 63.5 cm³/mol. The number of imidazole rings is 1. The van der Waals surface area contributed by atoms with Gasteiger partial charge in [0.1, 0.15) is 12.4 Å². The van der Waals surface area contributed by atoms with E-state index in [-0.39, 0.29) is 11.9 Å². The molecule has 1 aromatic rings. The predicted octanol–water partition coefficient (Wildman–Crippen LogP) is 0.698. The molecule has 1 heterocycles. The summed E-state index contributed by atoms with van der Waals surface area (Å²) in [4.78, 5) is 29.0. The Bertz CT molecular complexity index is 371. The zero-order valence-corrected chi connectivity index (χ0v) is 10.4. The Balaban J connectivity index is 2.57. The Labute approximate surface area is 101 Å². The molecule has 0 spiro atoms. The molecule has 6 nitrogen and oxygen atoms in total. The van der Waals surface area contributed by atoms with E-state index in [1.54, 1.807) is 11.8 Å². The van der Waals surface area contributed by atoms with Crippen LogP contribution in [0.5, 0.6) is 0 Å². The summed E-state index contributed by atoms with van der Waals surface area (Å²) in [5, 5.41) is 2.62. The Hall–Kier alpha value is -1.85. The number of nitrogens with zero attached hydrogens (tertiary/aromatic N) is 3. The first kappa shape index (κ1) is 13.2. The average molecular weight is 238 g/mol. The molecule has 1 unspecified atom stereocenters. The maximum Gasteiger partial charge on any atom is 0.327 e. The largest absolute Gasteiger partial charge is 0.341 e. The number of carbonyl (C=O) groups is 2. The van der Waals surface area contributed by atoms with Gasteiger partial charge in [0.25, 0.3) is 0 Å². The molecule has 94 valence electrons. The van der Waals surface area contributed by atoms with Gasteiger partial charge in [-0.3, -0.25) is 9.36 Å². The van der Waals surface area contributed by atoms with Crippen LogP contribution < -0.4 is 5.32 Å². The van der Waals surface area contributed by atoms with Crippen LogP contribution in [-0.4, -0.2) is 45.5 Å². The molecule has 2 amide bonds. The maximum atomic E-state index is 11.9. The molecule has 0 saturated heterocycles. The van der Waals surface area contributed by atoms with E-state index in [2.05, 4.69) is 10.3 Å².